The fourth-order valence-electron chi connectivity index (χ4n) is 2.60. The van der Waals surface area contributed by atoms with E-state index in [1.807, 2.05) is 49.4 Å². The van der Waals surface area contributed by atoms with E-state index in [4.69, 9.17) is 0 Å². The van der Waals surface area contributed by atoms with Crippen LogP contribution in [0.1, 0.15) is 31.3 Å². The van der Waals surface area contributed by atoms with Crippen molar-refractivity contribution in [3.63, 3.8) is 0 Å². The summed E-state index contributed by atoms with van der Waals surface area (Å²) in [6.45, 7) is 2.24. The molecule has 138 valence electrons. The summed E-state index contributed by atoms with van der Waals surface area (Å²) in [6, 6.07) is 17.1. The van der Waals surface area contributed by atoms with Crippen LogP contribution in [0.15, 0.2) is 54.6 Å². The molecule has 6 heteroatoms. The Morgan fingerprint density at radius 1 is 1.04 bits per heavy atom. The number of benzene rings is 2. The molecule has 0 spiro atoms. The first-order valence-electron chi connectivity index (χ1n) is 8.57. The van der Waals surface area contributed by atoms with Crippen molar-refractivity contribution in [2.24, 2.45) is 0 Å². The molecule has 1 aromatic heterocycles. The van der Waals surface area contributed by atoms with Gasteiger partial charge < -0.3 is 10.2 Å². The molecular weight excluding hydrogens is 358 g/mol. The average molecular weight is 379 g/mol. The molecule has 0 atom stereocenters. The Morgan fingerprint density at radius 3 is 2.33 bits per heavy atom. The van der Waals surface area contributed by atoms with Crippen molar-refractivity contribution in [1.29, 1.82) is 0 Å². The topological polar surface area (TPSA) is 62.3 Å². The standard InChI is InChI=1S/C21H21N3O2S/c1-14-18(27-20(23-14)16-7-5-4-6-8-16)19(25)22-13-15-9-11-17(12-10-15)21(26)24(2)3/h4-12H,13H2,1-3H3,(H,22,25). The summed E-state index contributed by atoms with van der Waals surface area (Å²) in [5.74, 6) is -0.181. The Hall–Kier alpha value is -2.99. The van der Waals surface area contributed by atoms with Gasteiger partial charge in [-0.15, -0.1) is 11.3 Å². The summed E-state index contributed by atoms with van der Waals surface area (Å²) in [5, 5.41) is 3.77. The number of nitrogens with zero attached hydrogens (tertiary/aromatic N) is 2. The third-order valence-electron chi connectivity index (χ3n) is 4.08. The van der Waals surface area contributed by atoms with Crippen LogP contribution in [0.25, 0.3) is 10.6 Å². The highest BCUT2D eigenvalue weighted by Gasteiger charge is 2.16. The minimum atomic E-state index is -0.138. The van der Waals surface area contributed by atoms with Gasteiger partial charge in [0.25, 0.3) is 11.8 Å². The van der Waals surface area contributed by atoms with E-state index < -0.39 is 0 Å². The third kappa shape index (κ3) is 4.41. The first-order chi connectivity index (χ1) is 13.0. The number of amides is 2. The van der Waals surface area contributed by atoms with E-state index >= 15 is 0 Å². The maximum absolute atomic E-state index is 12.5. The first-order valence-corrected chi connectivity index (χ1v) is 9.39. The smallest absolute Gasteiger partial charge is 0.263 e. The van der Waals surface area contributed by atoms with Gasteiger partial charge >= 0.3 is 0 Å². The van der Waals surface area contributed by atoms with Crippen molar-refractivity contribution in [3.8, 4) is 10.6 Å². The molecule has 0 saturated heterocycles. The molecule has 0 aliphatic carbocycles. The number of aromatic nitrogens is 1. The van der Waals surface area contributed by atoms with Gasteiger partial charge in [-0.3, -0.25) is 9.59 Å². The molecule has 0 unspecified atom stereocenters. The fourth-order valence-corrected chi connectivity index (χ4v) is 3.59. The Kier molecular flexibility index (Phi) is 5.66. The second kappa shape index (κ2) is 8.14. The van der Waals surface area contributed by atoms with Crippen molar-refractivity contribution in [2.45, 2.75) is 13.5 Å². The second-order valence-corrected chi connectivity index (χ2v) is 7.38. The molecule has 1 heterocycles. The number of thiazole rings is 1. The average Bonchev–Trinajstić information content (AvgIpc) is 3.08. The Morgan fingerprint density at radius 2 is 1.70 bits per heavy atom. The fraction of sp³-hybridized carbons (Fsp3) is 0.190. The quantitative estimate of drug-likeness (QED) is 0.734. The van der Waals surface area contributed by atoms with Crippen molar-refractivity contribution in [3.05, 3.63) is 76.3 Å². The first kappa shape index (κ1) is 18.8. The molecule has 0 aliphatic heterocycles. The van der Waals surface area contributed by atoms with Crippen molar-refractivity contribution < 1.29 is 9.59 Å². The molecule has 27 heavy (non-hydrogen) atoms. The summed E-state index contributed by atoms with van der Waals surface area (Å²) in [6.07, 6.45) is 0. The van der Waals surface area contributed by atoms with E-state index in [1.165, 1.54) is 16.2 Å². The minimum absolute atomic E-state index is 0.0423. The van der Waals surface area contributed by atoms with Crippen LogP contribution in [0, 0.1) is 6.92 Å². The van der Waals surface area contributed by atoms with Crippen LogP contribution >= 0.6 is 11.3 Å². The molecule has 1 N–H and O–H groups in total. The van der Waals surface area contributed by atoms with Gasteiger partial charge in [-0.1, -0.05) is 42.5 Å². The van der Waals surface area contributed by atoms with Gasteiger partial charge in [0.05, 0.1) is 5.69 Å². The lowest BCUT2D eigenvalue weighted by Gasteiger charge is -2.10. The van der Waals surface area contributed by atoms with Gasteiger partial charge in [0, 0.05) is 31.8 Å². The van der Waals surface area contributed by atoms with Gasteiger partial charge in [0.15, 0.2) is 0 Å². The van der Waals surface area contributed by atoms with Gasteiger partial charge in [-0.2, -0.15) is 0 Å². The molecule has 0 bridgehead atoms. The summed E-state index contributed by atoms with van der Waals surface area (Å²) in [5.41, 5.74) is 3.29. The number of nitrogens with one attached hydrogen (secondary N) is 1. The summed E-state index contributed by atoms with van der Waals surface area (Å²) in [7, 11) is 3.44. The van der Waals surface area contributed by atoms with E-state index in [1.54, 1.807) is 26.2 Å². The van der Waals surface area contributed by atoms with Crippen LogP contribution in [-0.2, 0) is 6.54 Å². The number of carbonyl (C=O) groups excluding carboxylic acids is 2. The van der Waals surface area contributed by atoms with E-state index in [0.29, 0.717) is 17.0 Å². The maximum atomic E-state index is 12.5. The lowest BCUT2D eigenvalue weighted by atomic mass is 10.1. The predicted octanol–water partition coefficient (Wildman–Crippen LogP) is 3.75. The van der Waals surface area contributed by atoms with Crippen LogP contribution in [0.3, 0.4) is 0 Å². The highest BCUT2D eigenvalue weighted by molar-refractivity contribution is 7.17. The van der Waals surface area contributed by atoms with Crippen LogP contribution in [0.2, 0.25) is 0 Å². The summed E-state index contributed by atoms with van der Waals surface area (Å²) >= 11 is 1.39. The summed E-state index contributed by atoms with van der Waals surface area (Å²) in [4.78, 5) is 31.1. The zero-order chi connectivity index (χ0) is 19.4. The molecule has 2 amide bonds. The van der Waals surface area contributed by atoms with E-state index in [-0.39, 0.29) is 11.8 Å². The lowest BCUT2D eigenvalue weighted by molar-refractivity contribution is 0.0827. The normalized spacial score (nSPS) is 10.5. The number of rotatable bonds is 5. The number of hydrogen-bond donors (Lipinski definition) is 1. The molecule has 3 rings (SSSR count). The zero-order valence-electron chi connectivity index (χ0n) is 15.5. The maximum Gasteiger partial charge on any atom is 0.263 e. The predicted molar refractivity (Wildman–Crippen MR) is 108 cm³/mol. The van der Waals surface area contributed by atoms with Crippen molar-refractivity contribution in [1.82, 2.24) is 15.2 Å². The van der Waals surface area contributed by atoms with E-state index in [9.17, 15) is 9.59 Å². The Labute approximate surface area is 162 Å². The van der Waals surface area contributed by atoms with Gasteiger partial charge in [0.1, 0.15) is 9.88 Å². The molecule has 0 aliphatic rings. The van der Waals surface area contributed by atoms with Gasteiger partial charge in [0.2, 0.25) is 0 Å². The summed E-state index contributed by atoms with van der Waals surface area (Å²) < 4.78 is 0. The number of hydrogen-bond acceptors (Lipinski definition) is 4. The van der Waals surface area contributed by atoms with E-state index in [2.05, 4.69) is 10.3 Å². The molecular formula is C21H21N3O2S. The number of aryl methyl sites for hydroxylation is 1. The lowest BCUT2D eigenvalue weighted by Crippen LogP contribution is -2.23. The largest absolute Gasteiger partial charge is 0.347 e. The Bertz CT molecular complexity index is 947. The van der Waals surface area contributed by atoms with Gasteiger partial charge in [-0.25, -0.2) is 4.98 Å². The van der Waals surface area contributed by atoms with Crippen LogP contribution in [-0.4, -0.2) is 35.8 Å². The zero-order valence-corrected chi connectivity index (χ0v) is 16.3. The van der Waals surface area contributed by atoms with Crippen LogP contribution < -0.4 is 5.32 Å². The molecule has 2 aromatic carbocycles. The third-order valence-corrected chi connectivity index (χ3v) is 5.29. The molecule has 0 radical (unpaired) electrons. The molecule has 0 fully saturated rings. The van der Waals surface area contributed by atoms with Crippen LogP contribution in [0.4, 0.5) is 0 Å². The second-order valence-electron chi connectivity index (χ2n) is 6.38. The monoisotopic (exact) mass is 379 g/mol. The minimum Gasteiger partial charge on any atom is -0.347 e. The van der Waals surface area contributed by atoms with Crippen LogP contribution in [0.5, 0.6) is 0 Å². The Balaban J connectivity index is 1.66. The molecule has 5 nitrogen and oxygen atoms in total. The van der Waals surface area contributed by atoms with Crippen molar-refractivity contribution >= 4 is 23.2 Å². The number of carbonyl (C=O) groups is 2. The van der Waals surface area contributed by atoms with E-state index in [0.717, 1.165) is 21.8 Å². The highest BCUT2D eigenvalue weighted by Crippen LogP contribution is 2.27. The molecule has 3 aromatic rings. The SMILES string of the molecule is Cc1nc(-c2ccccc2)sc1C(=O)NCc1ccc(C(=O)N(C)C)cc1. The highest BCUT2D eigenvalue weighted by atomic mass is 32.1. The van der Waals surface area contributed by atoms with Crippen molar-refractivity contribution in [2.75, 3.05) is 14.1 Å². The van der Waals surface area contributed by atoms with Gasteiger partial charge in [-0.05, 0) is 24.6 Å². The molecule has 0 saturated carbocycles.